The molecule has 1 fully saturated rings. The second-order valence-electron chi connectivity index (χ2n) is 10.8. The van der Waals surface area contributed by atoms with E-state index in [-0.39, 0.29) is 43.3 Å². The van der Waals surface area contributed by atoms with E-state index in [4.69, 9.17) is 16.3 Å². The smallest absolute Gasteiger partial charge is 0.254 e. The molecule has 3 aliphatic heterocycles. The van der Waals surface area contributed by atoms with Crippen molar-refractivity contribution in [2.75, 3.05) is 50.8 Å². The van der Waals surface area contributed by atoms with Crippen molar-refractivity contribution in [1.29, 1.82) is 0 Å². The topological polar surface area (TPSA) is 90.5 Å². The predicted molar refractivity (Wildman–Crippen MR) is 162 cm³/mol. The average Bonchev–Trinajstić information content (AvgIpc) is 3.54. The minimum atomic E-state index is -0.287. The molecule has 0 aromatic heterocycles. The van der Waals surface area contributed by atoms with Gasteiger partial charge in [0.15, 0.2) is 0 Å². The molecule has 9 nitrogen and oxygen atoms in total. The van der Waals surface area contributed by atoms with Gasteiger partial charge in [-0.2, -0.15) is 0 Å². The predicted octanol–water partition coefficient (Wildman–Crippen LogP) is 4.01. The van der Waals surface area contributed by atoms with Gasteiger partial charge in [0, 0.05) is 60.1 Å². The molecule has 3 aromatic carbocycles. The minimum Gasteiger partial charge on any atom is -0.378 e. The maximum absolute atomic E-state index is 13.8. The molecule has 10 heteroatoms. The van der Waals surface area contributed by atoms with Crippen molar-refractivity contribution in [3.05, 3.63) is 112 Å². The highest BCUT2D eigenvalue weighted by Gasteiger charge is 2.31. The Morgan fingerprint density at radius 2 is 1.28 bits per heavy atom. The van der Waals surface area contributed by atoms with Gasteiger partial charge in [0.05, 0.1) is 19.8 Å². The second-order valence-corrected chi connectivity index (χ2v) is 11.2. The standard InChI is InChI=1S/C33H31ClN4O5/c34-28-11-9-25(10-12-28)32(41)37-21-27-8-7-26(33(42)36-15-17-43-18-16-36)19-29(27)38(30(39)22-37)20-23-3-5-24(6-4-23)31(40)35-13-1-2-14-35/h1-12,19H,13-18,20-22H2. The summed E-state index contributed by atoms with van der Waals surface area (Å²) in [5, 5.41) is 0.516. The third-order valence-electron chi connectivity index (χ3n) is 7.94. The van der Waals surface area contributed by atoms with Gasteiger partial charge in [-0.05, 0) is 59.7 Å². The number of fused-ring (bicyclic) bond motifs is 1. The Bertz CT molecular complexity index is 1570. The molecular formula is C33H31ClN4O5. The summed E-state index contributed by atoms with van der Waals surface area (Å²) in [6.07, 6.45) is 3.93. The normalized spacial score (nSPS) is 16.7. The van der Waals surface area contributed by atoms with E-state index in [9.17, 15) is 19.2 Å². The first kappa shape index (κ1) is 28.6. The van der Waals surface area contributed by atoms with E-state index in [0.717, 1.165) is 11.1 Å². The Labute approximate surface area is 254 Å². The van der Waals surface area contributed by atoms with E-state index in [0.29, 0.717) is 66.8 Å². The molecular weight excluding hydrogens is 568 g/mol. The van der Waals surface area contributed by atoms with Crippen LogP contribution in [0.3, 0.4) is 0 Å². The van der Waals surface area contributed by atoms with Crippen LogP contribution in [0.5, 0.6) is 0 Å². The zero-order valence-corrected chi connectivity index (χ0v) is 24.3. The molecule has 0 saturated carbocycles. The van der Waals surface area contributed by atoms with Crippen LogP contribution in [0.4, 0.5) is 5.69 Å². The number of ether oxygens (including phenoxy) is 1. The summed E-state index contributed by atoms with van der Waals surface area (Å²) in [5.74, 6) is -0.739. The van der Waals surface area contributed by atoms with E-state index in [1.807, 2.05) is 30.4 Å². The Morgan fingerprint density at radius 1 is 0.698 bits per heavy atom. The highest BCUT2D eigenvalue weighted by atomic mass is 35.5. The first-order valence-electron chi connectivity index (χ1n) is 14.3. The summed E-state index contributed by atoms with van der Waals surface area (Å²) in [4.78, 5) is 60.1. The number of morpholine rings is 1. The van der Waals surface area contributed by atoms with Crippen molar-refractivity contribution in [3.63, 3.8) is 0 Å². The van der Waals surface area contributed by atoms with Crippen molar-refractivity contribution < 1.29 is 23.9 Å². The molecule has 3 heterocycles. The number of carbonyl (C=O) groups excluding carboxylic acids is 4. The van der Waals surface area contributed by atoms with Gasteiger partial charge < -0.3 is 24.3 Å². The van der Waals surface area contributed by atoms with Gasteiger partial charge in [0.2, 0.25) is 5.91 Å². The third kappa shape index (κ3) is 6.18. The van der Waals surface area contributed by atoms with Crippen LogP contribution < -0.4 is 4.90 Å². The lowest BCUT2D eigenvalue weighted by Crippen LogP contribution is -2.41. The van der Waals surface area contributed by atoms with Gasteiger partial charge in [0.1, 0.15) is 6.54 Å². The lowest BCUT2D eigenvalue weighted by molar-refractivity contribution is -0.119. The highest BCUT2D eigenvalue weighted by molar-refractivity contribution is 6.30. The van der Waals surface area contributed by atoms with Crippen molar-refractivity contribution >= 4 is 40.9 Å². The van der Waals surface area contributed by atoms with E-state index >= 15 is 0 Å². The second kappa shape index (κ2) is 12.4. The Balaban J connectivity index is 1.30. The third-order valence-corrected chi connectivity index (χ3v) is 8.19. The first-order valence-corrected chi connectivity index (χ1v) is 14.6. The molecule has 3 aliphatic rings. The van der Waals surface area contributed by atoms with Crippen molar-refractivity contribution in [2.24, 2.45) is 0 Å². The molecule has 0 spiro atoms. The van der Waals surface area contributed by atoms with Crippen LogP contribution in [-0.4, -0.2) is 84.3 Å². The summed E-state index contributed by atoms with van der Waals surface area (Å²) in [7, 11) is 0. The number of hydrogen-bond acceptors (Lipinski definition) is 5. The van der Waals surface area contributed by atoms with Crippen LogP contribution in [0.2, 0.25) is 5.02 Å². The number of hydrogen-bond donors (Lipinski definition) is 0. The quantitative estimate of drug-likeness (QED) is 0.414. The van der Waals surface area contributed by atoms with E-state index in [1.165, 1.54) is 4.90 Å². The van der Waals surface area contributed by atoms with Gasteiger partial charge in [0.25, 0.3) is 17.7 Å². The monoisotopic (exact) mass is 598 g/mol. The van der Waals surface area contributed by atoms with Crippen LogP contribution in [0.1, 0.15) is 42.2 Å². The molecule has 0 atom stereocenters. The fourth-order valence-electron chi connectivity index (χ4n) is 5.53. The van der Waals surface area contributed by atoms with Gasteiger partial charge in [-0.1, -0.05) is 42.0 Å². The van der Waals surface area contributed by atoms with Crippen molar-refractivity contribution in [1.82, 2.24) is 14.7 Å². The molecule has 0 bridgehead atoms. The van der Waals surface area contributed by atoms with Crippen LogP contribution in [0, 0.1) is 0 Å². The zero-order chi connectivity index (χ0) is 29.9. The van der Waals surface area contributed by atoms with E-state index in [2.05, 4.69) is 0 Å². The molecule has 43 heavy (non-hydrogen) atoms. The Hall–Kier alpha value is -4.47. The minimum absolute atomic E-state index is 0.0460. The van der Waals surface area contributed by atoms with E-state index in [1.54, 1.807) is 63.2 Å². The number of nitrogens with zero attached hydrogens (tertiary/aromatic N) is 4. The van der Waals surface area contributed by atoms with Crippen molar-refractivity contribution in [2.45, 2.75) is 13.1 Å². The molecule has 6 rings (SSSR count). The highest BCUT2D eigenvalue weighted by Crippen LogP contribution is 2.30. The Kier molecular flexibility index (Phi) is 8.26. The molecule has 0 N–H and O–H groups in total. The fraction of sp³-hybridized carbons (Fsp3) is 0.273. The zero-order valence-electron chi connectivity index (χ0n) is 23.6. The largest absolute Gasteiger partial charge is 0.378 e. The van der Waals surface area contributed by atoms with E-state index < -0.39 is 0 Å². The van der Waals surface area contributed by atoms with Crippen LogP contribution >= 0.6 is 11.6 Å². The maximum Gasteiger partial charge on any atom is 0.254 e. The summed E-state index contributed by atoms with van der Waals surface area (Å²) in [6.45, 7) is 3.42. The molecule has 220 valence electrons. The van der Waals surface area contributed by atoms with Crippen LogP contribution in [-0.2, 0) is 22.6 Å². The van der Waals surface area contributed by atoms with Gasteiger partial charge in [-0.3, -0.25) is 19.2 Å². The molecule has 3 aromatic rings. The van der Waals surface area contributed by atoms with Gasteiger partial charge in [-0.25, -0.2) is 0 Å². The van der Waals surface area contributed by atoms with Crippen LogP contribution in [0.25, 0.3) is 0 Å². The molecule has 0 radical (unpaired) electrons. The number of amides is 4. The lowest BCUT2D eigenvalue weighted by Gasteiger charge is -2.28. The number of halogens is 1. The number of anilines is 1. The van der Waals surface area contributed by atoms with Gasteiger partial charge in [-0.15, -0.1) is 0 Å². The summed E-state index contributed by atoms with van der Waals surface area (Å²) in [5.41, 5.74) is 3.63. The fourth-order valence-corrected chi connectivity index (χ4v) is 5.66. The molecule has 1 saturated heterocycles. The number of carbonyl (C=O) groups is 4. The average molecular weight is 599 g/mol. The maximum atomic E-state index is 13.8. The number of rotatable bonds is 5. The lowest BCUT2D eigenvalue weighted by atomic mass is 10.0. The Morgan fingerprint density at radius 3 is 1.95 bits per heavy atom. The summed E-state index contributed by atoms with van der Waals surface area (Å²) < 4.78 is 5.40. The first-order chi connectivity index (χ1) is 20.9. The molecule has 0 unspecified atom stereocenters. The number of benzene rings is 3. The van der Waals surface area contributed by atoms with Crippen LogP contribution in [0.15, 0.2) is 78.9 Å². The van der Waals surface area contributed by atoms with Crippen molar-refractivity contribution in [3.8, 4) is 0 Å². The van der Waals surface area contributed by atoms with Gasteiger partial charge >= 0.3 is 0 Å². The molecule has 4 amide bonds. The summed E-state index contributed by atoms with van der Waals surface area (Å²) >= 11 is 6.02. The molecule has 0 aliphatic carbocycles. The SMILES string of the molecule is O=C(c1ccc(CN2C(=O)CN(C(=O)c3ccc(Cl)cc3)Cc3ccc(C(=O)N4CCOCC4)cc32)cc1)N1CC=CC1. The summed E-state index contributed by atoms with van der Waals surface area (Å²) in [6, 6.07) is 19.1.